The first kappa shape index (κ1) is 24.3. The van der Waals surface area contributed by atoms with Crippen LogP contribution in [-0.2, 0) is 23.8 Å². The molecule has 0 radical (unpaired) electrons. The molecule has 0 aliphatic carbocycles. The number of nitrogens with two attached hydrogens (primary N) is 1. The molecule has 1 rings (SSSR count). The van der Waals surface area contributed by atoms with Gasteiger partial charge in [0.05, 0.1) is 11.8 Å². The Balaban J connectivity index is 3.21. The van der Waals surface area contributed by atoms with E-state index in [1.54, 1.807) is 13.8 Å². The van der Waals surface area contributed by atoms with Crippen LogP contribution in [0.25, 0.3) is 0 Å². The van der Waals surface area contributed by atoms with E-state index >= 15 is 4.39 Å². The number of halogens is 1. The summed E-state index contributed by atoms with van der Waals surface area (Å²) in [6.45, 7) is 10.6. The topological polar surface area (TPSA) is 123 Å². The molecule has 0 bridgehead atoms. The van der Waals surface area contributed by atoms with E-state index in [4.69, 9.17) is 19.9 Å². The van der Waals surface area contributed by atoms with Crippen LogP contribution in [0.5, 0.6) is 0 Å². The maximum Gasteiger partial charge on any atom is 0.351 e. The molecule has 0 saturated carbocycles. The number of ether oxygens (including phenoxy) is 3. The highest BCUT2D eigenvalue weighted by atomic mass is 19.1. The van der Waals surface area contributed by atoms with Gasteiger partial charge >= 0.3 is 17.6 Å². The highest BCUT2D eigenvalue weighted by molar-refractivity contribution is 5.72. The number of rotatable bonds is 10. The maximum atomic E-state index is 15.1. The molecular weight excluding hydrogens is 385 g/mol. The lowest BCUT2D eigenvalue weighted by Crippen LogP contribution is -2.50. The molecule has 1 heterocycles. The molecular formula is C19H28FN3O6. The van der Waals surface area contributed by atoms with Crippen molar-refractivity contribution in [2.75, 3.05) is 12.3 Å². The van der Waals surface area contributed by atoms with Crippen LogP contribution < -0.4 is 11.4 Å². The lowest BCUT2D eigenvalue weighted by Gasteiger charge is -2.35. The Morgan fingerprint density at radius 2 is 1.86 bits per heavy atom. The molecule has 1 aromatic rings. The zero-order valence-electron chi connectivity index (χ0n) is 17.3. The average molecular weight is 413 g/mol. The smallest absolute Gasteiger partial charge is 0.351 e. The Morgan fingerprint density at radius 3 is 2.34 bits per heavy atom. The first-order chi connectivity index (χ1) is 13.4. The summed E-state index contributed by atoms with van der Waals surface area (Å²) in [5.41, 5.74) is 2.67. The SMILES string of the molecule is C=C[C@](COC(=O)C(C)C)(O[C@H](C)n1ccc(N)nc1=O)[C@H](F)OC(=O)C(C)C. The molecule has 0 saturated heterocycles. The number of nitrogen functional groups attached to an aromatic ring is 1. The molecule has 0 fully saturated rings. The highest BCUT2D eigenvalue weighted by Crippen LogP contribution is 2.28. The molecule has 162 valence electrons. The number of hydrogen-bond acceptors (Lipinski definition) is 8. The molecule has 29 heavy (non-hydrogen) atoms. The monoisotopic (exact) mass is 413 g/mol. The van der Waals surface area contributed by atoms with E-state index in [1.807, 2.05) is 0 Å². The van der Waals surface area contributed by atoms with Gasteiger partial charge in [0.25, 0.3) is 6.36 Å². The highest BCUT2D eigenvalue weighted by Gasteiger charge is 2.44. The van der Waals surface area contributed by atoms with Crippen molar-refractivity contribution in [2.45, 2.75) is 52.8 Å². The molecule has 10 heteroatoms. The van der Waals surface area contributed by atoms with Crippen LogP contribution in [0.3, 0.4) is 0 Å². The Labute approximate surface area is 168 Å². The van der Waals surface area contributed by atoms with Gasteiger partial charge in [-0.25, -0.2) is 4.79 Å². The minimum absolute atomic E-state index is 0.00790. The number of esters is 2. The van der Waals surface area contributed by atoms with Crippen LogP contribution in [0.4, 0.5) is 10.2 Å². The normalized spacial score (nSPS) is 15.4. The van der Waals surface area contributed by atoms with E-state index in [9.17, 15) is 14.4 Å². The summed E-state index contributed by atoms with van der Waals surface area (Å²) in [5, 5.41) is 0. The van der Waals surface area contributed by atoms with Gasteiger partial charge in [-0.05, 0) is 19.1 Å². The first-order valence-electron chi connectivity index (χ1n) is 9.10. The number of hydrogen-bond donors (Lipinski definition) is 1. The van der Waals surface area contributed by atoms with Crippen LogP contribution in [0, 0.1) is 11.8 Å². The van der Waals surface area contributed by atoms with Crippen molar-refractivity contribution in [3.05, 3.63) is 35.4 Å². The second-order valence-electron chi connectivity index (χ2n) is 7.09. The predicted molar refractivity (Wildman–Crippen MR) is 103 cm³/mol. The quantitative estimate of drug-likeness (QED) is 0.456. The lowest BCUT2D eigenvalue weighted by atomic mass is 10.0. The summed E-state index contributed by atoms with van der Waals surface area (Å²) in [5.74, 6) is -2.50. The molecule has 1 aromatic heterocycles. The zero-order chi connectivity index (χ0) is 22.4. The Kier molecular flexibility index (Phi) is 8.50. The van der Waals surface area contributed by atoms with E-state index in [1.165, 1.54) is 33.0 Å². The van der Waals surface area contributed by atoms with E-state index in [2.05, 4.69) is 11.6 Å². The van der Waals surface area contributed by atoms with Crippen LogP contribution >= 0.6 is 0 Å². The van der Waals surface area contributed by atoms with Gasteiger partial charge in [0, 0.05) is 6.20 Å². The Morgan fingerprint density at radius 1 is 1.28 bits per heavy atom. The first-order valence-corrected chi connectivity index (χ1v) is 9.10. The van der Waals surface area contributed by atoms with E-state index in [-0.39, 0.29) is 5.82 Å². The lowest BCUT2D eigenvalue weighted by molar-refractivity contribution is -0.226. The molecule has 0 spiro atoms. The van der Waals surface area contributed by atoms with Crippen LogP contribution in [0.2, 0.25) is 0 Å². The standard InChI is InChI=1S/C19H28FN3O6/c1-7-19(10-27-15(24)11(2)3,17(20)28-16(25)12(4)5)29-13(6)23-9-8-14(21)22-18(23)26/h7-9,11-13,17H,1,10H2,2-6H3,(H2,21,22,26)/t13-,17-,19-/m1/s1. The largest absolute Gasteiger partial charge is 0.462 e. The molecule has 0 unspecified atom stereocenters. The van der Waals surface area contributed by atoms with Crippen molar-refractivity contribution in [2.24, 2.45) is 11.8 Å². The van der Waals surface area contributed by atoms with Crippen molar-refractivity contribution < 1.29 is 28.2 Å². The minimum Gasteiger partial charge on any atom is -0.462 e. The fourth-order valence-corrected chi connectivity index (χ4v) is 2.12. The van der Waals surface area contributed by atoms with Crippen LogP contribution in [0.15, 0.2) is 29.7 Å². The van der Waals surface area contributed by atoms with E-state index in [0.717, 1.165) is 10.6 Å². The molecule has 0 aliphatic heterocycles. The third-order valence-corrected chi connectivity index (χ3v) is 3.97. The molecule has 3 atom stereocenters. The van der Waals surface area contributed by atoms with Gasteiger partial charge in [0.15, 0.2) is 5.60 Å². The Hall–Kier alpha value is -2.75. The van der Waals surface area contributed by atoms with Crippen molar-refractivity contribution >= 4 is 17.8 Å². The second-order valence-corrected chi connectivity index (χ2v) is 7.09. The van der Waals surface area contributed by atoms with Crippen molar-refractivity contribution in [3.63, 3.8) is 0 Å². The van der Waals surface area contributed by atoms with Gasteiger partial charge in [-0.2, -0.15) is 9.37 Å². The zero-order valence-corrected chi connectivity index (χ0v) is 17.3. The molecule has 0 amide bonds. The van der Waals surface area contributed by atoms with Gasteiger partial charge in [-0.3, -0.25) is 14.2 Å². The number of aromatic nitrogens is 2. The van der Waals surface area contributed by atoms with Gasteiger partial charge in [-0.15, -0.1) is 0 Å². The summed E-state index contributed by atoms with van der Waals surface area (Å²) < 4.78 is 31.8. The number of anilines is 1. The van der Waals surface area contributed by atoms with Gasteiger partial charge in [0.2, 0.25) is 0 Å². The third-order valence-electron chi connectivity index (χ3n) is 3.97. The summed E-state index contributed by atoms with van der Waals surface area (Å²) in [6, 6.07) is 1.36. The summed E-state index contributed by atoms with van der Waals surface area (Å²) in [6.07, 6.45) is -1.08. The average Bonchev–Trinajstić information content (AvgIpc) is 2.64. The Bertz CT molecular complexity index is 794. The number of nitrogens with zero attached hydrogens (tertiary/aromatic N) is 2. The van der Waals surface area contributed by atoms with Crippen molar-refractivity contribution in [3.8, 4) is 0 Å². The summed E-state index contributed by atoms with van der Waals surface area (Å²) in [7, 11) is 0. The third kappa shape index (κ3) is 6.38. The molecule has 2 N–H and O–H groups in total. The van der Waals surface area contributed by atoms with Crippen molar-refractivity contribution in [1.82, 2.24) is 9.55 Å². The van der Waals surface area contributed by atoms with Crippen molar-refractivity contribution in [1.29, 1.82) is 0 Å². The fraction of sp³-hybridized carbons (Fsp3) is 0.579. The molecule has 0 aromatic carbocycles. The molecule has 0 aliphatic rings. The predicted octanol–water partition coefficient (Wildman–Crippen LogP) is 1.98. The maximum absolute atomic E-state index is 15.1. The fourth-order valence-electron chi connectivity index (χ4n) is 2.12. The van der Waals surface area contributed by atoms with Crippen LogP contribution in [-0.4, -0.2) is 40.1 Å². The van der Waals surface area contributed by atoms with Gasteiger partial charge < -0.3 is 19.9 Å². The number of carbonyl (C=O) groups excluding carboxylic acids is 2. The number of alkyl halides is 1. The van der Waals surface area contributed by atoms with E-state index < -0.39 is 54.3 Å². The van der Waals surface area contributed by atoms with Gasteiger partial charge in [-0.1, -0.05) is 34.3 Å². The van der Waals surface area contributed by atoms with Gasteiger partial charge in [0.1, 0.15) is 18.7 Å². The second kappa shape index (κ2) is 10.1. The molecule has 9 nitrogen and oxygen atoms in total. The van der Waals surface area contributed by atoms with E-state index in [0.29, 0.717) is 0 Å². The minimum atomic E-state index is -2.35. The summed E-state index contributed by atoms with van der Waals surface area (Å²) in [4.78, 5) is 39.4. The summed E-state index contributed by atoms with van der Waals surface area (Å²) >= 11 is 0. The number of carbonyl (C=O) groups is 2. The van der Waals surface area contributed by atoms with Crippen LogP contribution in [0.1, 0.15) is 40.8 Å².